The lowest BCUT2D eigenvalue weighted by Gasteiger charge is -2.26. The molecule has 2 rings (SSSR count). The zero-order valence-corrected chi connectivity index (χ0v) is 12.2. The predicted octanol–water partition coefficient (Wildman–Crippen LogP) is 3.42. The maximum Gasteiger partial charge on any atom is 0.0468 e. The normalized spacial score (nSPS) is 18.8. The highest BCUT2D eigenvalue weighted by Gasteiger charge is 2.19. The van der Waals surface area contributed by atoms with Crippen LogP contribution in [0.3, 0.4) is 0 Å². The highest BCUT2D eigenvalue weighted by atomic mass is 79.9. The molecule has 1 unspecified atom stereocenters. The summed E-state index contributed by atoms with van der Waals surface area (Å²) in [6.07, 6.45) is 4.36. The molecule has 100 valence electrons. The number of halogens is 1. The molecule has 1 fully saturated rings. The number of benzene rings is 1. The predicted molar refractivity (Wildman–Crippen MR) is 76.6 cm³/mol. The van der Waals surface area contributed by atoms with Crippen LogP contribution < -0.4 is 0 Å². The molecule has 1 N–H and O–H groups in total. The van der Waals surface area contributed by atoms with Gasteiger partial charge >= 0.3 is 0 Å². The molecule has 0 amide bonds. The van der Waals surface area contributed by atoms with E-state index >= 15 is 0 Å². The minimum Gasteiger partial charge on any atom is -0.396 e. The van der Waals surface area contributed by atoms with Gasteiger partial charge in [-0.25, -0.2) is 0 Å². The molecule has 0 aliphatic carbocycles. The zero-order valence-electron chi connectivity index (χ0n) is 10.6. The van der Waals surface area contributed by atoms with E-state index in [0.717, 1.165) is 49.3 Å². The number of aliphatic hydroxyl groups excluding tert-OH is 1. The lowest BCUT2D eigenvalue weighted by Crippen LogP contribution is -2.21. The van der Waals surface area contributed by atoms with Crippen molar-refractivity contribution in [3.8, 4) is 0 Å². The maximum atomic E-state index is 9.56. The minimum absolute atomic E-state index is 0.276. The summed E-state index contributed by atoms with van der Waals surface area (Å²) in [5, 5.41) is 9.56. The Hall–Kier alpha value is -0.380. The number of rotatable bonds is 5. The average molecular weight is 313 g/mol. The van der Waals surface area contributed by atoms with E-state index in [2.05, 4.69) is 34.1 Å². The number of hydrogen-bond donors (Lipinski definition) is 1. The van der Waals surface area contributed by atoms with Crippen LogP contribution in [0.25, 0.3) is 0 Å². The summed E-state index contributed by atoms with van der Waals surface area (Å²) in [7, 11) is 0. The summed E-state index contributed by atoms with van der Waals surface area (Å²) in [5.41, 5.74) is 1.30. The van der Waals surface area contributed by atoms with Gasteiger partial charge in [-0.2, -0.15) is 0 Å². The van der Waals surface area contributed by atoms with Crippen molar-refractivity contribution in [3.05, 3.63) is 34.3 Å². The highest BCUT2D eigenvalue weighted by Crippen LogP contribution is 2.27. The van der Waals surface area contributed by atoms with E-state index in [-0.39, 0.29) is 6.61 Å². The van der Waals surface area contributed by atoms with Gasteiger partial charge in [-0.1, -0.05) is 34.1 Å². The molecule has 1 heterocycles. The summed E-state index contributed by atoms with van der Waals surface area (Å²) in [5.74, 6) is 1.09. The molecule has 3 heteroatoms. The van der Waals surface area contributed by atoms with Crippen molar-refractivity contribution in [1.29, 1.82) is 0 Å². The Kier molecular flexibility index (Phi) is 5.67. The van der Waals surface area contributed by atoms with Gasteiger partial charge in [0.1, 0.15) is 0 Å². The van der Waals surface area contributed by atoms with Crippen molar-refractivity contribution < 1.29 is 9.84 Å². The van der Waals surface area contributed by atoms with Crippen molar-refractivity contribution in [2.75, 3.05) is 19.8 Å². The molecular formula is C15H21BrO2. The van der Waals surface area contributed by atoms with Crippen LogP contribution in [0.1, 0.15) is 24.8 Å². The largest absolute Gasteiger partial charge is 0.396 e. The second-order valence-corrected chi connectivity index (χ2v) is 5.99. The van der Waals surface area contributed by atoms with Crippen LogP contribution in [-0.2, 0) is 11.2 Å². The standard InChI is InChI=1S/C15H21BrO2/c16-15-4-2-1-3-14(15)10-13(11-17)9-12-5-7-18-8-6-12/h1-4,12-13,17H,5-11H2. The molecule has 1 saturated heterocycles. The Bertz CT molecular complexity index is 361. The van der Waals surface area contributed by atoms with Crippen LogP contribution in [-0.4, -0.2) is 24.9 Å². The fourth-order valence-corrected chi connectivity index (χ4v) is 3.10. The van der Waals surface area contributed by atoms with Crippen LogP contribution in [0.15, 0.2) is 28.7 Å². The van der Waals surface area contributed by atoms with E-state index in [0.29, 0.717) is 5.92 Å². The molecule has 1 aromatic rings. The lowest BCUT2D eigenvalue weighted by atomic mass is 9.86. The monoisotopic (exact) mass is 312 g/mol. The molecule has 0 aromatic heterocycles. The lowest BCUT2D eigenvalue weighted by molar-refractivity contribution is 0.0540. The van der Waals surface area contributed by atoms with Gasteiger partial charge in [0.05, 0.1) is 0 Å². The van der Waals surface area contributed by atoms with E-state index in [9.17, 15) is 5.11 Å². The first kappa shape index (κ1) is 14.0. The van der Waals surface area contributed by atoms with Gasteiger partial charge in [-0.15, -0.1) is 0 Å². The first-order chi connectivity index (χ1) is 8.79. The Balaban J connectivity index is 1.90. The van der Waals surface area contributed by atoms with Crippen molar-refractivity contribution in [3.63, 3.8) is 0 Å². The highest BCUT2D eigenvalue weighted by molar-refractivity contribution is 9.10. The Morgan fingerprint density at radius 1 is 1.28 bits per heavy atom. The summed E-state index contributed by atoms with van der Waals surface area (Å²) >= 11 is 3.58. The Morgan fingerprint density at radius 3 is 2.67 bits per heavy atom. The van der Waals surface area contributed by atoms with E-state index in [1.165, 1.54) is 5.56 Å². The second kappa shape index (κ2) is 7.27. The molecular weight excluding hydrogens is 292 g/mol. The molecule has 1 aliphatic heterocycles. The molecule has 1 aromatic carbocycles. The van der Waals surface area contributed by atoms with Crippen molar-refractivity contribution in [1.82, 2.24) is 0 Å². The van der Waals surface area contributed by atoms with E-state index < -0.39 is 0 Å². The topological polar surface area (TPSA) is 29.5 Å². The molecule has 0 saturated carbocycles. The fourth-order valence-electron chi connectivity index (χ4n) is 2.65. The van der Waals surface area contributed by atoms with Crippen molar-refractivity contribution in [2.45, 2.75) is 25.7 Å². The quantitative estimate of drug-likeness (QED) is 0.902. The third kappa shape index (κ3) is 4.08. The summed E-state index contributed by atoms with van der Waals surface area (Å²) < 4.78 is 6.53. The number of aliphatic hydroxyl groups is 1. The van der Waals surface area contributed by atoms with Gasteiger partial charge < -0.3 is 9.84 Å². The van der Waals surface area contributed by atoms with E-state index in [4.69, 9.17) is 4.74 Å². The van der Waals surface area contributed by atoms with Crippen molar-refractivity contribution >= 4 is 15.9 Å². The first-order valence-electron chi connectivity index (χ1n) is 6.71. The molecule has 1 atom stereocenters. The smallest absolute Gasteiger partial charge is 0.0468 e. The molecule has 0 bridgehead atoms. The van der Waals surface area contributed by atoms with Gasteiger partial charge in [0.2, 0.25) is 0 Å². The summed E-state index contributed by atoms with van der Waals surface area (Å²) in [6.45, 7) is 2.05. The summed E-state index contributed by atoms with van der Waals surface area (Å²) in [4.78, 5) is 0. The van der Waals surface area contributed by atoms with Crippen molar-refractivity contribution in [2.24, 2.45) is 11.8 Å². The van der Waals surface area contributed by atoms with Gasteiger partial charge in [0.15, 0.2) is 0 Å². The second-order valence-electron chi connectivity index (χ2n) is 5.14. The molecule has 18 heavy (non-hydrogen) atoms. The molecule has 0 spiro atoms. The van der Waals surface area contributed by atoms with Crippen LogP contribution in [0.5, 0.6) is 0 Å². The third-order valence-corrected chi connectivity index (χ3v) is 4.51. The van der Waals surface area contributed by atoms with Crippen LogP contribution in [0, 0.1) is 11.8 Å². The number of hydrogen-bond acceptors (Lipinski definition) is 2. The first-order valence-corrected chi connectivity index (χ1v) is 7.51. The Morgan fingerprint density at radius 2 is 2.00 bits per heavy atom. The van der Waals surface area contributed by atoms with E-state index in [1.807, 2.05) is 6.07 Å². The fraction of sp³-hybridized carbons (Fsp3) is 0.600. The SMILES string of the molecule is OCC(Cc1ccccc1Br)CC1CCOCC1. The Labute approximate surface area is 117 Å². The van der Waals surface area contributed by atoms with Gasteiger partial charge in [0, 0.05) is 24.3 Å². The van der Waals surface area contributed by atoms with E-state index in [1.54, 1.807) is 0 Å². The number of ether oxygens (including phenoxy) is 1. The molecule has 0 radical (unpaired) electrons. The average Bonchev–Trinajstić information content (AvgIpc) is 2.41. The zero-order chi connectivity index (χ0) is 12.8. The van der Waals surface area contributed by atoms with Crippen LogP contribution in [0.2, 0.25) is 0 Å². The third-order valence-electron chi connectivity index (χ3n) is 3.73. The molecule has 2 nitrogen and oxygen atoms in total. The van der Waals surface area contributed by atoms with Gasteiger partial charge in [-0.3, -0.25) is 0 Å². The van der Waals surface area contributed by atoms with Gasteiger partial charge in [0.25, 0.3) is 0 Å². The van der Waals surface area contributed by atoms with Crippen LogP contribution >= 0.6 is 15.9 Å². The minimum atomic E-state index is 0.276. The van der Waals surface area contributed by atoms with Crippen LogP contribution in [0.4, 0.5) is 0 Å². The van der Waals surface area contributed by atoms with Gasteiger partial charge in [-0.05, 0) is 49.1 Å². The molecule has 1 aliphatic rings. The maximum absolute atomic E-state index is 9.56. The summed E-state index contributed by atoms with van der Waals surface area (Å²) in [6, 6.07) is 8.29.